The van der Waals surface area contributed by atoms with E-state index in [1.165, 1.54) is 0 Å². The highest BCUT2D eigenvalue weighted by molar-refractivity contribution is 5.93. The molecule has 1 aliphatic rings. The fraction of sp³-hybridized carbons (Fsp3) is 0.167. The lowest BCUT2D eigenvalue weighted by molar-refractivity contribution is -0.125. The highest BCUT2D eigenvalue weighted by Crippen LogP contribution is 2.32. The first kappa shape index (κ1) is 15.9. The van der Waals surface area contributed by atoms with Crippen molar-refractivity contribution in [1.82, 2.24) is 10.2 Å². The second kappa shape index (κ2) is 6.75. The van der Waals surface area contributed by atoms with Gasteiger partial charge in [0.2, 0.25) is 6.10 Å². The second-order valence-electron chi connectivity index (χ2n) is 5.47. The van der Waals surface area contributed by atoms with Crippen LogP contribution >= 0.6 is 0 Å². The van der Waals surface area contributed by atoms with Crippen LogP contribution in [0.4, 0.5) is 6.01 Å². The van der Waals surface area contributed by atoms with Gasteiger partial charge < -0.3 is 18.6 Å². The molecule has 0 radical (unpaired) electrons. The normalized spacial score (nSPS) is 15.3. The number of ether oxygens (including phenoxy) is 3. The van der Waals surface area contributed by atoms with Crippen molar-refractivity contribution in [3.05, 3.63) is 48.5 Å². The molecule has 1 N–H and O–H groups in total. The van der Waals surface area contributed by atoms with Gasteiger partial charge in [-0.1, -0.05) is 29.4 Å². The Morgan fingerprint density at radius 3 is 2.73 bits per heavy atom. The SMILES string of the molecule is COc1ccccc1-c1nnc(NC(=O)C2COc3ccccc3O2)o1. The van der Waals surface area contributed by atoms with Crippen LogP contribution in [0.3, 0.4) is 0 Å². The van der Waals surface area contributed by atoms with E-state index in [2.05, 4.69) is 15.5 Å². The summed E-state index contributed by atoms with van der Waals surface area (Å²) in [5.74, 6) is 1.51. The first-order valence-corrected chi connectivity index (χ1v) is 7.91. The van der Waals surface area contributed by atoms with E-state index in [4.69, 9.17) is 18.6 Å². The number of anilines is 1. The van der Waals surface area contributed by atoms with Crippen LogP contribution in [-0.2, 0) is 4.79 Å². The van der Waals surface area contributed by atoms with Gasteiger partial charge in [0, 0.05) is 0 Å². The van der Waals surface area contributed by atoms with Crippen LogP contribution in [-0.4, -0.2) is 35.9 Å². The first-order chi connectivity index (χ1) is 12.7. The summed E-state index contributed by atoms with van der Waals surface area (Å²) in [7, 11) is 1.55. The second-order valence-corrected chi connectivity index (χ2v) is 5.47. The number of rotatable bonds is 4. The summed E-state index contributed by atoms with van der Waals surface area (Å²) in [6.45, 7) is 0.0936. The average Bonchev–Trinajstić information content (AvgIpc) is 3.15. The summed E-state index contributed by atoms with van der Waals surface area (Å²) in [5, 5.41) is 10.3. The van der Waals surface area contributed by atoms with Crippen molar-refractivity contribution in [3.8, 4) is 28.7 Å². The molecule has 0 aliphatic carbocycles. The number of nitrogens with zero attached hydrogens (tertiary/aromatic N) is 2. The van der Waals surface area contributed by atoms with Crippen LogP contribution in [0.15, 0.2) is 52.9 Å². The lowest BCUT2D eigenvalue weighted by atomic mass is 10.2. The Bertz CT molecular complexity index is 940. The Balaban J connectivity index is 1.47. The quantitative estimate of drug-likeness (QED) is 0.770. The van der Waals surface area contributed by atoms with Gasteiger partial charge in [0.05, 0.1) is 12.7 Å². The van der Waals surface area contributed by atoms with E-state index in [1.807, 2.05) is 18.2 Å². The Hall–Kier alpha value is -3.55. The Morgan fingerprint density at radius 1 is 1.12 bits per heavy atom. The Labute approximate surface area is 148 Å². The van der Waals surface area contributed by atoms with E-state index in [9.17, 15) is 4.79 Å². The summed E-state index contributed by atoms with van der Waals surface area (Å²) in [6.07, 6.45) is -0.813. The first-order valence-electron chi connectivity index (χ1n) is 7.91. The van der Waals surface area contributed by atoms with Gasteiger partial charge in [0.25, 0.3) is 11.8 Å². The largest absolute Gasteiger partial charge is 0.496 e. The van der Waals surface area contributed by atoms with Crippen molar-refractivity contribution in [3.63, 3.8) is 0 Å². The molecule has 8 heteroatoms. The third-order valence-corrected chi connectivity index (χ3v) is 3.79. The van der Waals surface area contributed by atoms with Crippen molar-refractivity contribution in [2.24, 2.45) is 0 Å². The van der Waals surface area contributed by atoms with Gasteiger partial charge in [0.1, 0.15) is 12.4 Å². The minimum atomic E-state index is -0.813. The summed E-state index contributed by atoms with van der Waals surface area (Å²) in [5.41, 5.74) is 0.633. The van der Waals surface area contributed by atoms with E-state index >= 15 is 0 Å². The summed E-state index contributed by atoms with van der Waals surface area (Å²) < 4.78 is 22.0. The molecule has 0 fully saturated rings. The molecule has 132 valence electrons. The zero-order chi connectivity index (χ0) is 17.9. The molecule has 0 bridgehead atoms. The van der Waals surface area contributed by atoms with E-state index in [-0.39, 0.29) is 18.5 Å². The molecular formula is C18H15N3O5. The molecular weight excluding hydrogens is 338 g/mol. The van der Waals surface area contributed by atoms with Crippen LogP contribution in [0.25, 0.3) is 11.5 Å². The number of carbonyl (C=O) groups is 1. The maximum Gasteiger partial charge on any atom is 0.322 e. The van der Waals surface area contributed by atoms with Crippen molar-refractivity contribution in [2.75, 3.05) is 19.0 Å². The zero-order valence-corrected chi connectivity index (χ0v) is 13.8. The molecule has 3 aromatic rings. The Kier molecular flexibility index (Phi) is 4.14. The van der Waals surface area contributed by atoms with Gasteiger partial charge in [-0.2, -0.15) is 0 Å². The molecule has 0 saturated heterocycles. The average molecular weight is 353 g/mol. The van der Waals surface area contributed by atoms with E-state index in [0.717, 1.165) is 0 Å². The summed E-state index contributed by atoms with van der Waals surface area (Å²) in [6, 6.07) is 14.3. The van der Waals surface area contributed by atoms with Crippen molar-refractivity contribution in [2.45, 2.75) is 6.10 Å². The number of carbonyl (C=O) groups excluding carboxylic acids is 1. The van der Waals surface area contributed by atoms with Crippen LogP contribution in [0.5, 0.6) is 17.2 Å². The van der Waals surface area contributed by atoms with Crippen LogP contribution in [0.1, 0.15) is 0 Å². The number of benzene rings is 2. The third-order valence-electron chi connectivity index (χ3n) is 3.79. The number of hydrogen-bond donors (Lipinski definition) is 1. The molecule has 1 atom stereocenters. The van der Waals surface area contributed by atoms with Gasteiger partial charge in [-0.15, -0.1) is 5.10 Å². The summed E-state index contributed by atoms with van der Waals surface area (Å²) in [4.78, 5) is 12.4. The smallest absolute Gasteiger partial charge is 0.322 e. The number of nitrogens with one attached hydrogen (secondary N) is 1. The molecule has 8 nitrogen and oxygen atoms in total. The van der Waals surface area contributed by atoms with Crippen LogP contribution < -0.4 is 19.5 Å². The van der Waals surface area contributed by atoms with Crippen molar-refractivity contribution in [1.29, 1.82) is 0 Å². The number of para-hydroxylation sites is 3. The molecule has 0 spiro atoms. The maximum absolute atomic E-state index is 12.4. The van der Waals surface area contributed by atoms with Crippen LogP contribution in [0.2, 0.25) is 0 Å². The monoisotopic (exact) mass is 353 g/mol. The number of fused-ring (bicyclic) bond motifs is 1. The zero-order valence-electron chi connectivity index (χ0n) is 13.8. The minimum Gasteiger partial charge on any atom is -0.496 e. The standard InChI is InChI=1S/C18H15N3O5/c1-23-12-7-3-2-6-11(12)17-20-21-18(26-17)19-16(22)15-10-24-13-8-4-5-9-14(13)25-15/h2-9,15H,10H2,1H3,(H,19,21,22). The van der Waals surface area contributed by atoms with Gasteiger partial charge in [-0.05, 0) is 24.3 Å². The third kappa shape index (κ3) is 3.04. The number of amides is 1. The van der Waals surface area contributed by atoms with Crippen molar-refractivity contribution < 1.29 is 23.4 Å². The molecule has 2 heterocycles. The molecule has 1 amide bonds. The molecule has 26 heavy (non-hydrogen) atoms. The fourth-order valence-electron chi connectivity index (χ4n) is 2.54. The molecule has 0 saturated carbocycles. The molecule has 4 rings (SSSR count). The minimum absolute atomic E-state index is 0.0293. The molecule has 1 aliphatic heterocycles. The van der Waals surface area contributed by atoms with E-state index in [0.29, 0.717) is 22.8 Å². The van der Waals surface area contributed by atoms with E-state index in [1.54, 1.807) is 37.4 Å². The lowest BCUT2D eigenvalue weighted by Crippen LogP contribution is -2.40. The van der Waals surface area contributed by atoms with Gasteiger partial charge in [-0.3, -0.25) is 10.1 Å². The molecule has 1 unspecified atom stereocenters. The van der Waals surface area contributed by atoms with Crippen LogP contribution in [0, 0.1) is 0 Å². The van der Waals surface area contributed by atoms with Gasteiger partial charge in [0.15, 0.2) is 11.5 Å². The maximum atomic E-state index is 12.4. The predicted molar refractivity (Wildman–Crippen MR) is 91.3 cm³/mol. The van der Waals surface area contributed by atoms with Gasteiger partial charge in [-0.25, -0.2) is 0 Å². The lowest BCUT2D eigenvalue weighted by Gasteiger charge is -2.24. The molecule has 2 aromatic carbocycles. The molecule has 1 aromatic heterocycles. The fourth-order valence-corrected chi connectivity index (χ4v) is 2.54. The highest BCUT2D eigenvalue weighted by Gasteiger charge is 2.28. The van der Waals surface area contributed by atoms with Gasteiger partial charge >= 0.3 is 6.01 Å². The van der Waals surface area contributed by atoms with E-state index < -0.39 is 12.0 Å². The number of aromatic nitrogens is 2. The van der Waals surface area contributed by atoms with Crippen molar-refractivity contribution >= 4 is 11.9 Å². The Morgan fingerprint density at radius 2 is 1.88 bits per heavy atom. The topological polar surface area (TPSA) is 95.7 Å². The predicted octanol–water partition coefficient (Wildman–Crippen LogP) is 2.52. The summed E-state index contributed by atoms with van der Waals surface area (Å²) >= 11 is 0. The number of methoxy groups -OCH3 is 1. The number of hydrogen-bond acceptors (Lipinski definition) is 7. The highest BCUT2D eigenvalue weighted by atomic mass is 16.6.